The summed E-state index contributed by atoms with van der Waals surface area (Å²) in [5.41, 5.74) is -0.400. The Bertz CT molecular complexity index is 381. The zero-order chi connectivity index (χ0) is 15.5. The third kappa shape index (κ3) is 3.96. The summed E-state index contributed by atoms with van der Waals surface area (Å²) in [5, 5.41) is 3.38. The summed E-state index contributed by atoms with van der Waals surface area (Å²) < 4.78 is 0. The van der Waals surface area contributed by atoms with Crippen molar-refractivity contribution < 1.29 is 9.59 Å². The highest BCUT2D eigenvalue weighted by atomic mass is 16.2. The summed E-state index contributed by atoms with van der Waals surface area (Å²) in [4.78, 5) is 28.6. The third-order valence-electron chi connectivity index (χ3n) is 4.59. The Hall–Kier alpha value is -1.10. The number of rotatable bonds is 3. The van der Waals surface area contributed by atoms with E-state index in [1.54, 1.807) is 0 Å². The van der Waals surface area contributed by atoms with Gasteiger partial charge in [0.1, 0.15) is 0 Å². The Labute approximate surface area is 128 Å². The van der Waals surface area contributed by atoms with Gasteiger partial charge in [-0.25, -0.2) is 0 Å². The number of nitrogens with one attached hydrogen (secondary N) is 1. The smallest absolute Gasteiger partial charge is 0.242 e. The van der Waals surface area contributed by atoms with Gasteiger partial charge in [-0.15, -0.1) is 0 Å². The van der Waals surface area contributed by atoms with Gasteiger partial charge in [-0.05, 0) is 38.6 Å². The Kier molecular flexibility index (Phi) is 5.25. The average Bonchev–Trinajstić information content (AvgIpc) is 2.46. The standard InChI is InChI=1S/C16H29N3O2/c1-13(2)12-14(20)18-8-10-19(11-9-18)15(21)16(3)6-4-5-7-17-16/h13,17H,4-12H2,1-3H3. The molecule has 1 unspecified atom stereocenters. The van der Waals surface area contributed by atoms with Crippen LogP contribution in [0.5, 0.6) is 0 Å². The molecule has 2 heterocycles. The second kappa shape index (κ2) is 6.77. The normalized spacial score (nSPS) is 27.0. The van der Waals surface area contributed by atoms with E-state index in [0.717, 1.165) is 25.8 Å². The lowest BCUT2D eigenvalue weighted by Crippen LogP contribution is -2.61. The van der Waals surface area contributed by atoms with Gasteiger partial charge in [-0.1, -0.05) is 13.8 Å². The van der Waals surface area contributed by atoms with Gasteiger partial charge >= 0.3 is 0 Å². The molecular weight excluding hydrogens is 266 g/mol. The molecule has 5 nitrogen and oxygen atoms in total. The monoisotopic (exact) mass is 295 g/mol. The van der Waals surface area contributed by atoms with Gasteiger partial charge in [0, 0.05) is 32.6 Å². The quantitative estimate of drug-likeness (QED) is 0.852. The molecule has 0 aromatic carbocycles. The van der Waals surface area contributed by atoms with E-state index in [1.807, 2.05) is 16.7 Å². The van der Waals surface area contributed by atoms with Crippen LogP contribution in [0.2, 0.25) is 0 Å². The second-order valence-electron chi connectivity index (χ2n) is 6.99. The van der Waals surface area contributed by atoms with E-state index in [4.69, 9.17) is 0 Å². The summed E-state index contributed by atoms with van der Waals surface area (Å²) >= 11 is 0. The van der Waals surface area contributed by atoms with Crippen LogP contribution in [0.3, 0.4) is 0 Å². The summed E-state index contributed by atoms with van der Waals surface area (Å²) in [6.45, 7) is 9.75. The number of hydrogen-bond acceptors (Lipinski definition) is 3. The molecule has 0 aromatic heterocycles. The minimum absolute atomic E-state index is 0.207. The van der Waals surface area contributed by atoms with E-state index in [1.165, 1.54) is 0 Å². The fourth-order valence-electron chi connectivity index (χ4n) is 3.23. The van der Waals surface area contributed by atoms with Crippen LogP contribution in [0.1, 0.15) is 46.5 Å². The fourth-order valence-corrected chi connectivity index (χ4v) is 3.23. The lowest BCUT2D eigenvalue weighted by atomic mass is 9.89. The Morgan fingerprint density at radius 2 is 1.71 bits per heavy atom. The highest BCUT2D eigenvalue weighted by Gasteiger charge is 2.38. The predicted octanol–water partition coefficient (Wildman–Crippen LogP) is 1.24. The van der Waals surface area contributed by atoms with Gasteiger partial charge in [-0.3, -0.25) is 9.59 Å². The van der Waals surface area contributed by atoms with Crippen molar-refractivity contribution in [3.63, 3.8) is 0 Å². The molecule has 2 aliphatic heterocycles. The van der Waals surface area contributed by atoms with Crippen molar-refractivity contribution in [1.29, 1.82) is 0 Å². The number of carbonyl (C=O) groups is 2. The minimum Gasteiger partial charge on any atom is -0.339 e. The molecule has 1 N–H and O–H groups in total. The largest absolute Gasteiger partial charge is 0.339 e. The maximum atomic E-state index is 12.7. The molecule has 120 valence electrons. The van der Waals surface area contributed by atoms with Gasteiger partial charge in [0.15, 0.2) is 0 Å². The van der Waals surface area contributed by atoms with Gasteiger partial charge in [0.2, 0.25) is 11.8 Å². The zero-order valence-corrected chi connectivity index (χ0v) is 13.7. The van der Waals surface area contributed by atoms with Crippen LogP contribution in [0, 0.1) is 5.92 Å². The maximum absolute atomic E-state index is 12.7. The van der Waals surface area contributed by atoms with Gasteiger partial charge in [0.05, 0.1) is 5.54 Å². The highest BCUT2D eigenvalue weighted by molar-refractivity contribution is 5.86. The molecule has 2 fully saturated rings. The number of hydrogen-bond donors (Lipinski definition) is 1. The molecule has 21 heavy (non-hydrogen) atoms. The average molecular weight is 295 g/mol. The number of piperazine rings is 1. The van der Waals surface area contributed by atoms with E-state index < -0.39 is 5.54 Å². The van der Waals surface area contributed by atoms with Crippen molar-refractivity contribution >= 4 is 11.8 Å². The van der Waals surface area contributed by atoms with E-state index in [2.05, 4.69) is 19.2 Å². The predicted molar refractivity (Wildman–Crippen MR) is 82.9 cm³/mol. The molecule has 0 aromatic rings. The zero-order valence-electron chi connectivity index (χ0n) is 13.7. The van der Waals surface area contributed by atoms with Crippen molar-refractivity contribution in [1.82, 2.24) is 15.1 Å². The first-order valence-corrected chi connectivity index (χ1v) is 8.24. The molecule has 0 radical (unpaired) electrons. The van der Waals surface area contributed by atoms with Crippen molar-refractivity contribution in [3.8, 4) is 0 Å². The van der Waals surface area contributed by atoms with Crippen LogP contribution in [0.25, 0.3) is 0 Å². The first kappa shape index (κ1) is 16.3. The lowest BCUT2D eigenvalue weighted by molar-refractivity contribution is -0.144. The molecule has 2 rings (SSSR count). The molecule has 2 amide bonds. The van der Waals surface area contributed by atoms with Crippen molar-refractivity contribution in [2.75, 3.05) is 32.7 Å². The van der Waals surface area contributed by atoms with E-state index in [0.29, 0.717) is 38.5 Å². The maximum Gasteiger partial charge on any atom is 0.242 e. The molecule has 2 saturated heterocycles. The number of nitrogens with zero attached hydrogens (tertiary/aromatic N) is 2. The van der Waals surface area contributed by atoms with Crippen LogP contribution in [0.4, 0.5) is 0 Å². The van der Waals surface area contributed by atoms with Crippen molar-refractivity contribution in [3.05, 3.63) is 0 Å². The number of piperidine rings is 1. The second-order valence-corrected chi connectivity index (χ2v) is 6.99. The van der Waals surface area contributed by atoms with Crippen LogP contribution in [-0.4, -0.2) is 59.9 Å². The molecule has 0 bridgehead atoms. The number of amides is 2. The van der Waals surface area contributed by atoms with E-state index in [-0.39, 0.29) is 11.8 Å². The SMILES string of the molecule is CC(C)CC(=O)N1CCN(C(=O)C2(C)CCCCN2)CC1. The van der Waals surface area contributed by atoms with E-state index in [9.17, 15) is 9.59 Å². The van der Waals surface area contributed by atoms with E-state index >= 15 is 0 Å². The van der Waals surface area contributed by atoms with Crippen LogP contribution >= 0.6 is 0 Å². The van der Waals surface area contributed by atoms with Crippen LogP contribution in [-0.2, 0) is 9.59 Å². The van der Waals surface area contributed by atoms with Crippen molar-refractivity contribution in [2.45, 2.75) is 52.0 Å². The third-order valence-corrected chi connectivity index (χ3v) is 4.59. The Morgan fingerprint density at radius 3 is 2.24 bits per heavy atom. The van der Waals surface area contributed by atoms with Gasteiger partial charge in [-0.2, -0.15) is 0 Å². The molecule has 0 spiro atoms. The number of carbonyl (C=O) groups excluding carboxylic acids is 2. The summed E-state index contributed by atoms with van der Waals surface area (Å²) in [5.74, 6) is 0.819. The topological polar surface area (TPSA) is 52.7 Å². The molecular formula is C16H29N3O2. The molecule has 0 aliphatic carbocycles. The Morgan fingerprint density at radius 1 is 1.10 bits per heavy atom. The van der Waals surface area contributed by atoms with Gasteiger partial charge in [0.25, 0.3) is 0 Å². The van der Waals surface area contributed by atoms with Crippen molar-refractivity contribution in [2.24, 2.45) is 5.92 Å². The Balaban J connectivity index is 1.86. The van der Waals surface area contributed by atoms with Crippen LogP contribution in [0.15, 0.2) is 0 Å². The summed E-state index contributed by atoms with van der Waals surface area (Å²) in [6.07, 6.45) is 3.79. The summed E-state index contributed by atoms with van der Waals surface area (Å²) in [6, 6.07) is 0. The molecule has 1 atom stereocenters. The van der Waals surface area contributed by atoms with Gasteiger partial charge < -0.3 is 15.1 Å². The molecule has 0 saturated carbocycles. The lowest BCUT2D eigenvalue weighted by Gasteiger charge is -2.41. The van der Waals surface area contributed by atoms with Crippen LogP contribution < -0.4 is 5.32 Å². The first-order valence-electron chi connectivity index (χ1n) is 8.24. The minimum atomic E-state index is -0.400. The molecule has 2 aliphatic rings. The molecule has 5 heteroatoms. The first-order chi connectivity index (χ1) is 9.92. The highest BCUT2D eigenvalue weighted by Crippen LogP contribution is 2.22. The summed E-state index contributed by atoms with van der Waals surface area (Å²) in [7, 11) is 0. The fraction of sp³-hybridized carbons (Fsp3) is 0.875.